The van der Waals surface area contributed by atoms with Gasteiger partial charge in [0.2, 0.25) is 5.91 Å². The van der Waals surface area contributed by atoms with E-state index in [1.54, 1.807) is 0 Å². The number of amides is 2. The van der Waals surface area contributed by atoms with Crippen molar-refractivity contribution in [3.63, 3.8) is 0 Å². The van der Waals surface area contributed by atoms with Crippen LogP contribution in [0.1, 0.15) is 37.3 Å². The number of carbonyl (C=O) groups excluding carboxylic acids is 2. The molecular formula is C24H26F2N2O5. The van der Waals surface area contributed by atoms with E-state index >= 15 is 0 Å². The summed E-state index contributed by atoms with van der Waals surface area (Å²) in [5.74, 6) is -2.37. The standard InChI is InChI=1S/C24H26F2N2O5/c1-24(2,22(31)28-19(21(25)26)11-20(29)30)13-27-23(32)33-12-18-16-9-5-3-7-14(16)15-8-4-6-10-17(15)18/h3-10,18-19,21H,11-13H2,1-2H3,(H,27,32)(H,28,31)(H,29,30). The molecule has 1 atom stereocenters. The van der Waals surface area contributed by atoms with Crippen LogP contribution in [0, 0.1) is 5.41 Å². The lowest BCUT2D eigenvalue weighted by Gasteiger charge is -2.27. The number of carboxylic acid groups (broad SMARTS) is 1. The summed E-state index contributed by atoms with van der Waals surface area (Å²) in [4.78, 5) is 35.4. The highest BCUT2D eigenvalue weighted by Gasteiger charge is 2.34. The van der Waals surface area contributed by atoms with Crippen molar-refractivity contribution in [1.29, 1.82) is 0 Å². The van der Waals surface area contributed by atoms with Gasteiger partial charge in [0.05, 0.1) is 11.8 Å². The molecule has 0 bridgehead atoms. The van der Waals surface area contributed by atoms with Crippen molar-refractivity contribution < 1.29 is 33.0 Å². The van der Waals surface area contributed by atoms with E-state index in [0.29, 0.717) is 0 Å². The van der Waals surface area contributed by atoms with Crippen LogP contribution in [0.4, 0.5) is 13.6 Å². The molecule has 176 valence electrons. The van der Waals surface area contributed by atoms with Crippen LogP contribution >= 0.6 is 0 Å². The number of alkyl carbamates (subject to hydrolysis) is 1. The summed E-state index contributed by atoms with van der Waals surface area (Å²) in [6.07, 6.45) is -4.68. The van der Waals surface area contributed by atoms with E-state index in [4.69, 9.17) is 9.84 Å². The third kappa shape index (κ3) is 5.66. The predicted octanol–water partition coefficient (Wildman–Crippen LogP) is 3.78. The Kier molecular flexibility index (Phi) is 7.30. The largest absolute Gasteiger partial charge is 0.481 e. The Morgan fingerprint density at radius 2 is 1.58 bits per heavy atom. The zero-order chi connectivity index (χ0) is 24.2. The molecule has 0 aliphatic heterocycles. The summed E-state index contributed by atoms with van der Waals surface area (Å²) in [5.41, 5.74) is 3.03. The van der Waals surface area contributed by atoms with Gasteiger partial charge in [0.1, 0.15) is 12.6 Å². The van der Waals surface area contributed by atoms with Gasteiger partial charge in [0.15, 0.2) is 0 Å². The van der Waals surface area contributed by atoms with E-state index in [9.17, 15) is 23.2 Å². The fourth-order valence-electron chi connectivity index (χ4n) is 3.78. The number of benzene rings is 2. The molecule has 2 amide bonds. The molecule has 3 rings (SSSR count). The summed E-state index contributed by atoms with van der Waals surface area (Å²) < 4.78 is 31.4. The molecule has 7 nitrogen and oxygen atoms in total. The van der Waals surface area contributed by atoms with Crippen LogP contribution < -0.4 is 10.6 Å². The predicted molar refractivity (Wildman–Crippen MR) is 117 cm³/mol. The first-order valence-electron chi connectivity index (χ1n) is 10.5. The molecule has 0 aromatic heterocycles. The third-order valence-corrected chi connectivity index (χ3v) is 5.65. The minimum atomic E-state index is -3.03. The SMILES string of the molecule is CC(C)(CNC(=O)OCC1c2ccccc2-c2ccccc21)C(=O)NC(CC(=O)O)C(F)F. The molecule has 3 N–H and O–H groups in total. The third-order valence-electron chi connectivity index (χ3n) is 5.65. The van der Waals surface area contributed by atoms with Crippen molar-refractivity contribution in [2.45, 2.75) is 38.7 Å². The number of nitrogens with one attached hydrogen (secondary N) is 2. The monoisotopic (exact) mass is 460 g/mol. The number of aliphatic carboxylic acids is 1. The Hall–Kier alpha value is -3.49. The minimum absolute atomic E-state index is 0.0958. The van der Waals surface area contributed by atoms with Gasteiger partial charge >= 0.3 is 12.1 Å². The zero-order valence-electron chi connectivity index (χ0n) is 18.3. The van der Waals surface area contributed by atoms with Crippen LogP contribution in [-0.4, -0.2) is 48.7 Å². The Morgan fingerprint density at radius 3 is 2.09 bits per heavy atom. The van der Waals surface area contributed by atoms with Gasteiger partial charge in [-0.1, -0.05) is 48.5 Å². The van der Waals surface area contributed by atoms with Crippen LogP contribution in [0.5, 0.6) is 0 Å². The van der Waals surface area contributed by atoms with Gasteiger partial charge in [-0.05, 0) is 36.1 Å². The second kappa shape index (κ2) is 9.97. The average Bonchev–Trinajstić information content (AvgIpc) is 3.09. The molecule has 2 aromatic rings. The molecule has 1 aliphatic carbocycles. The van der Waals surface area contributed by atoms with E-state index in [0.717, 1.165) is 22.3 Å². The lowest BCUT2D eigenvalue weighted by Crippen LogP contribution is -2.50. The first-order valence-corrected chi connectivity index (χ1v) is 10.5. The first-order chi connectivity index (χ1) is 15.6. The number of carbonyl (C=O) groups is 3. The molecule has 0 saturated carbocycles. The summed E-state index contributed by atoms with van der Waals surface area (Å²) in [5, 5.41) is 13.3. The Morgan fingerprint density at radius 1 is 1.03 bits per heavy atom. The van der Waals surface area contributed by atoms with Crippen molar-refractivity contribution >= 4 is 18.0 Å². The van der Waals surface area contributed by atoms with Crippen molar-refractivity contribution in [2.24, 2.45) is 5.41 Å². The van der Waals surface area contributed by atoms with Crippen molar-refractivity contribution in [3.8, 4) is 11.1 Å². The quantitative estimate of drug-likeness (QED) is 0.528. The molecule has 0 spiro atoms. The molecule has 0 fully saturated rings. The average molecular weight is 460 g/mol. The molecule has 2 aromatic carbocycles. The molecule has 0 saturated heterocycles. The minimum Gasteiger partial charge on any atom is -0.481 e. The van der Waals surface area contributed by atoms with Gasteiger partial charge in [-0.25, -0.2) is 13.6 Å². The van der Waals surface area contributed by atoms with Crippen molar-refractivity contribution in [1.82, 2.24) is 10.6 Å². The molecule has 1 aliphatic rings. The van der Waals surface area contributed by atoms with E-state index in [1.807, 2.05) is 53.8 Å². The number of hydrogen-bond donors (Lipinski definition) is 3. The number of halogens is 2. The summed E-state index contributed by atoms with van der Waals surface area (Å²) in [6, 6.07) is 14.0. The molecule has 0 heterocycles. The van der Waals surface area contributed by atoms with E-state index in [-0.39, 0.29) is 19.1 Å². The second-order valence-electron chi connectivity index (χ2n) is 8.58. The van der Waals surface area contributed by atoms with Crippen LogP contribution in [-0.2, 0) is 14.3 Å². The second-order valence-corrected chi connectivity index (χ2v) is 8.58. The maximum absolute atomic E-state index is 13.0. The maximum Gasteiger partial charge on any atom is 0.407 e. The Labute approximate surface area is 190 Å². The summed E-state index contributed by atoms with van der Waals surface area (Å²) in [6.45, 7) is 2.82. The highest BCUT2D eigenvalue weighted by molar-refractivity contribution is 5.84. The van der Waals surface area contributed by atoms with Gasteiger partial charge in [-0.15, -0.1) is 0 Å². The number of hydrogen-bond acceptors (Lipinski definition) is 4. The maximum atomic E-state index is 13.0. The fourth-order valence-corrected chi connectivity index (χ4v) is 3.78. The topological polar surface area (TPSA) is 105 Å². The number of ether oxygens (including phenoxy) is 1. The van der Waals surface area contributed by atoms with Crippen molar-refractivity contribution in [2.75, 3.05) is 13.2 Å². The Bertz CT molecular complexity index is 996. The van der Waals surface area contributed by atoms with E-state index in [2.05, 4.69) is 5.32 Å². The Balaban J connectivity index is 1.56. The van der Waals surface area contributed by atoms with Crippen LogP contribution in [0.2, 0.25) is 0 Å². The van der Waals surface area contributed by atoms with Crippen LogP contribution in [0.15, 0.2) is 48.5 Å². The summed E-state index contributed by atoms with van der Waals surface area (Å²) in [7, 11) is 0. The van der Waals surface area contributed by atoms with Gasteiger partial charge in [-0.2, -0.15) is 0 Å². The zero-order valence-corrected chi connectivity index (χ0v) is 18.3. The number of carboxylic acids is 1. The smallest absolute Gasteiger partial charge is 0.407 e. The van der Waals surface area contributed by atoms with Gasteiger partial charge < -0.3 is 20.5 Å². The molecule has 33 heavy (non-hydrogen) atoms. The highest BCUT2D eigenvalue weighted by atomic mass is 19.3. The molecule has 1 unspecified atom stereocenters. The molecule has 9 heteroatoms. The van der Waals surface area contributed by atoms with Crippen LogP contribution in [0.25, 0.3) is 11.1 Å². The first kappa shape index (κ1) is 24.2. The molecular weight excluding hydrogens is 434 g/mol. The van der Waals surface area contributed by atoms with Gasteiger partial charge in [0.25, 0.3) is 6.43 Å². The van der Waals surface area contributed by atoms with Crippen LogP contribution in [0.3, 0.4) is 0 Å². The van der Waals surface area contributed by atoms with Gasteiger partial charge in [-0.3, -0.25) is 9.59 Å². The fraction of sp³-hybridized carbons (Fsp3) is 0.375. The number of rotatable bonds is 9. The van der Waals surface area contributed by atoms with E-state index in [1.165, 1.54) is 13.8 Å². The number of alkyl halides is 2. The highest BCUT2D eigenvalue weighted by Crippen LogP contribution is 2.44. The van der Waals surface area contributed by atoms with Crippen molar-refractivity contribution in [3.05, 3.63) is 59.7 Å². The molecule has 0 radical (unpaired) electrons. The summed E-state index contributed by atoms with van der Waals surface area (Å²) >= 11 is 0. The van der Waals surface area contributed by atoms with E-state index < -0.39 is 42.3 Å². The lowest BCUT2D eigenvalue weighted by atomic mass is 9.91. The number of fused-ring (bicyclic) bond motifs is 3. The normalized spacial score (nSPS) is 13.7. The van der Waals surface area contributed by atoms with Gasteiger partial charge in [0, 0.05) is 12.5 Å². The lowest BCUT2D eigenvalue weighted by molar-refractivity contribution is -0.139.